The van der Waals surface area contributed by atoms with Crippen LogP contribution in [0.25, 0.3) is 0 Å². The van der Waals surface area contributed by atoms with Crippen LogP contribution < -0.4 is 10.2 Å². The predicted molar refractivity (Wildman–Crippen MR) is 136 cm³/mol. The Morgan fingerprint density at radius 1 is 0.857 bits per heavy atom. The molecular weight excluding hydrogens is 756 g/mol. The summed E-state index contributed by atoms with van der Waals surface area (Å²) in [6, 6.07) is 15.5. The summed E-state index contributed by atoms with van der Waals surface area (Å²) in [5, 5.41) is 2.79. The van der Waals surface area contributed by atoms with Crippen molar-refractivity contribution < 1.29 is 9.59 Å². The van der Waals surface area contributed by atoms with Crippen LogP contribution in [-0.2, 0) is 22.4 Å². The number of hydrogen-bond acceptors (Lipinski definition) is 2. The number of rotatable bonds is 6. The first kappa shape index (κ1) is 24.5. The Kier molecular flexibility index (Phi) is 9.22. The Labute approximate surface area is 214 Å². The molecule has 4 nitrogen and oxygen atoms in total. The Balaban J connectivity index is 1.95. The zero-order valence-electron chi connectivity index (χ0n) is 14.1. The van der Waals surface area contributed by atoms with Crippen LogP contribution in [0.3, 0.4) is 0 Å². The highest BCUT2D eigenvalue weighted by atomic mass is 80.0. The quantitative estimate of drug-likeness (QED) is 0.196. The number of carbonyl (C=O) groups is 2. The van der Waals surface area contributed by atoms with Gasteiger partial charge in [0.1, 0.15) is 0 Å². The van der Waals surface area contributed by atoms with E-state index in [0.29, 0.717) is 0 Å². The normalized spacial score (nSPS) is 11.8. The average Bonchev–Trinajstić information content (AvgIpc) is 2.61. The van der Waals surface area contributed by atoms with E-state index in [4.69, 9.17) is 0 Å². The van der Waals surface area contributed by atoms with Gasteiger partial charge in [0, 0.05) is 11.4 Å². The molecule has 10 heteroatoms. The number of aryl methyl sites for hydroxylation is 2. The van der Waals surface area contributed by atoms with Crippen molar-refractivity contribution in [2.45, 2.75) is 17.3 Å². The second-order valence-electron chi connectivity index (χ2n) is 5.76. The van der Waals surface area contributed by atoms with Crippen molar-refractivity contribution in [3.8, 4) is 0 Å². The van der Waals surface area contributed by atoms with Gasteiger partial charge in [-0.05, 0) is 144 Å². The number of amides is 2. The molecule has 0 aliphatic carbocycles. The van der Waals surface area contributed by atoms with Gasteiger partial charge in [0.05, 0.1) is 0 Å². The minimum atomic E-state index is -0.977. The minimum Gasteiger partial charge on any atom is -0.323 e. The number of carbonyl (C=O) groups excluding carboxylic acids is 2. The molecule has 0 saturated carbocycles. The summed E-state index contributed by atoms with van der Waals surface area (Å²) in [7, 11) is 0. The maximum Gasteiger partial charge on any atom is 0.263 e. The fourth-order valence-electron chi connectivity index (χ4n) is 2.34. The van der Waals surface area contributed by atoms with E-state index in [1.54, 1.807) is 0 Å². The zero-order valence-corrected chi connectivity index (χ0v) is 23.7. The molecule has 0 aliphatic heterocycles. The molecule has 0 bridgehead atoms. The fourth-order valence-corrected chi connectivity index (χ4v) is 3.50. The number of alkyl halides is 6. The van der Waals surface area contributed by atoms with Gasteiger partial charge in [-0.3, -0.25) is 14.5 Å². The van der Waals surface area contributed by atoms with Gasteiger partial charge in [-0.15, -0.1) is 0 Å². The summed E-state index contributed by atoms with van der Waals surface area (Å²) in [6.45, 7) is 0. The molecule has 0 aromatic heterocycles. The first-order valence-corrected chi connectivity index (χ1v) is 12.6. The van der Waals surface area contributed by atoms with Crippen molar-refractivity contribution in [1.29, 1.82) is 0 Å². The summed E-state index contributed by atoms with van der Waals surface area (Å²) in [5.41, 5.74) is 3.81. The van der Waals surface area contributed by atoms with Crippen molar-refractivity contribution in [2.24, 2.45) is 0 Å². The molecule has 0 radical (unpaired) electrons. The molecule has 0 atom stereocenters. The molecule has 2 rings (SSSR count). The number of anilines is 2. The molecule has 0 saturated heterocycles. The van der Waals surface area contributed by atoms with Crippen molar-refractivity contribution in [3.63, 3.8) is 0 Å². The summed E-state index contributed by atoms with van der Waals surface area (Å²) in [5.74, 6) is -0.246. The highest BCUT2D eigenvalue weighted by Gasteiger charge is 2.28. The minimum absolute atomic E-state index is 0.246. The van der Waals surface area contributed by atoms with Crippen LogP contribution in [0.2, 0.25) is 0 Å². The molecule has 0 unspecified atom stereocenters. The predicted octanol–water partition coefficient (Wildman–Crippen LogP) is 7.01. The van der Waals surface area contributed by atoms with Crippen LogP contribution in [-0.4, -0.2) is 16.7 Å². The molecule has 0 spiro atoms. The number of benzene rings is 2. The van der Waals surface area contributed by atoms with Crippen LogP contribution in [0.15, 0.2) is 48.5 Å². The highest BCUT2D eigenvalue weighted by Crippen LogP contribution is 2.39. The van der Waals surface area contributed by atoms with E-state index < -0.39 is 4.41 Å². The van der Waals surface area contributed by atoms with Crippen LogP contribution in [0.1, 0.15) is 11.1 Å². The van der Waals surface area contributed by atoms with Crippen molar-refractivity contribution in [1.82, 2.24) is 0 Å². The molecule has 0 heterocycles. The van der Waals surface area contributed by atoms with E-state index >= 15 is 0 Å². The van der Waals surface area contributed by atoms with Crippen LogP contribution in [0, 0.1) is 0 Å². The summed E-state index contributed by atoms with van der Waals surface area (Å²) in [6.07, 6.45) is 2.46. The maximum atomic E-state index is 11.9. The van der Waals surface area contributed by atoms with Crippen molar-refractivity contribution in [2.75, 3.05) is 10.2 Å². The standard InChI is InChI=1S/C18H14Br6N2O2/c19-17(20,21)16(28)25-14-7-3-12(4-8-14)1-2-13-5-9-15(10-6-13)26(11-27)18(22,23)24/h3-11H,1-2H2,(H,25,28). The van der Waals surface area contributed by atoms with Crippen LogP contribution in [0.4, 0.5) is 11.4 Å². The lowest BCUT2D eigenvalue weighted by Gasteiger charge is -2.26. The smallest absolute Gasteiger partial charge is 0.263 e. The van der Waals surface area contributed by atoms with Crippen LogP contribution in [0.5, 0.6) is 0 Å². The van der Waals surface area contributed by atoms with E-state index in [0.717, 1.165) is 30.6 Å². The van der Waals surface area contributed by atoms with Gasteiger partial charge >= 0.3 is 0 Å². The highest BCUT2D eigenvalue weighted by molar-refractivity contribution is 9.40. The average molecular weight is 770 g/mol. The van der Waals surface area contributed by atoms with E-state index in [1.165, 1.54) is 16.0 Å². The second kappa shape index (κ2) is 10.5. The van der Waals surface area contributed by atoms with Gasteiger partial charge in [0.2, 0.25) is 10.8 Å². The van der Waals surface area contributed by atoms with Crippen LogP contribution >= 0.6 is 95.6 Å². The molecule has 2 amide bonds. The Bertz CT molecular complexity index is 814. The SMILES string of the molecule is O=CN(c1ccc(CCc2ccc(NC(=O)C(Br)(Br)Br)cc2)cc1)C(Br)(Br)Br. The molecule has 0 aliphatic rings. The third-order valence-corrected chi connectivity index (χ3v) is 5.99. The second-order valence-corrected chi connectivity index (χ2v) is 19.2. The van der Waals surface area contributed by atoms with Crippen molar-refractivity contribution >= 4 is 119 Å². The maximum absolute atomic E-state index is 11.9. The zero-order chi connectivity index (χ0) is 20.9. The molecule has 28 heavy (non-hydrogen) atoms. The number of nitrogens with one attached hydrogen (secondary N) is 1. The fraction of sp³-hybridized carbons (Fsp3) is 0.222. The molecular formula is C18H14Br6N2O2. The Morgan fingerprint density at radius 3 is 1.71 bits per heavy atom. The van der Waals surface area contributed by atoms with E-state index in [1.807, 2.05) is 48.5 Å². The van der Waals surface area contributed by atoms with Gasteiger partial charge in [-0.1, -0.05) is 24.3 Å². The van der Waals surface area contributed by atoms with Gasteiger partial charge in [0.25, 0.3) is 5.91 Å². The van der Waals surface area contributed by atoms with Crippen molar-refractivity contribution in [3.05, 3.63) is 59.7 Å². The van der Waals surface area contributed by atoms with Gasteiger partial charge in [0.15, 0.2) is 0 Å². The lowest BCUT2D eigenvalue weighted by atomic mass is 10.0. The first-order chi connectivity index (χ1) is 13.0. The lowest BCUT2D eigenvalue weighted by Crippen LogP contribution is -2.32. The molecule has 150 valence electrons. The molecule has 0 fully saturated rings. The molecule has 2 aromatic carbocycles. The summed E-state index contributed by atoms with van der Waals surface area (Å²) >= 11 is 19.6. The van der Waals surface area contributed by atoms with Gasteiger partial charge in [-0.25, -0.2) is 0 Å². The van der Waals surface area contributed by atoms with E-state index in [9.17, 15) is 9.59 Å². The summed E-state index contributed by atoms with van der Waals surface area (Å²) in [4.78, 5) is 24.7. The molecule has 2 aromatic rings. The topological polar surface area (TPSA) is 49.4 Å². The third-order valence-electron chi connectivity index (χ3n) is 3.76. The van der Waals surface area contributed by atoms with E-state index in [2.05, 4.69) is 101 Å². The van der Waals surface area contributed by atoms with E-state index in [-0.39, 0.29) is 5.91 Å². The number of halogens is 6. The van der Waals surface area contributed by atoms with Gasteiger partial charge in [-0.2, -0.15) is 0 Å². The lowest BCUT2D eigenvalue weighted by molar-refractivity contribution is -0.114. The largest absolute Gasteiger partial charge is 0.323 e. The third kappa shape index (κ3) is 7.50. The summed E-state index contributed by atoms with van der Waals surface area (Å²) < 4.78 is -1.79. The van der Waals surface area contributed by atoms with Gasteiger partial charge < -0.3 is 5.32 Å². The molecule has 1 N–H and O–H groups in total. The monoisotopic (exact) mass is 764 g/mol. The number of nitrogens with zero attached hydrogens (tertiary/aromatic N) is 1. The Morgan fingerprint density at radius 2 is 1.32 bits per heavy atom. The first-order valence-electron chi connectivity index (χ1n) is 7.88. The number of hydrogen-bond donors (Lipinski definition) is 1. The Hall–Kier alpha value is 0.260.